The third-order valence-corrected chi connectivity index (χ3v) is 5.17. The average molecular weight is 331 g/mol. The number of rotatable bonds is 3. The van der Waals surface area contributed by atoms with E-state index in [2.05, 4.69) is 13.0 Å². The first-order chi connectivity index (χ1) is 11.3. The highest BCUT2D eigenvalue weighted by Gasteiger charge is 2.34. The summed E-state index contributed by atoms with van der Waals surface area (Å²) in [5, 5.41) is 20.6. The molecule has 1 fully saturated rings. The fraction of sp³-hybridized carbons (Fsp3) is 0.526. The lowest BCUT2D eigenvalue weighted by molar-refractivity contribution is -0.139. The fourth-order valence-corrected chi connectivity index (χ4v) is 3.65. The number of hydrogen-bond acceptors (Lipinski definition) is 4. The Kier molecular flexibility index (Phi) is 4.40. The number of benzene rings is 1. The molecule has 130 valence electrons. The number of nitrogens with zero attached hydrogens (tertiary/aromatic N) is 1. The Hall–Kier alpha value is -1.85. The molecule has 1 aromatic carbocycles. The van der Waals surface area contributed by atoms with E-state index in [1.807, 2.05) is 13.8 Å². The lowest BCUT2D eigenvalue weighted by Crippen LogP contribution is -2.52. The van der Waals surface area contributed by atoms with Crippen molar-refractivity contribution in [3.05, 3.63) is 34.6 Å². The molecule has 5 heteroatoms. The van der Waals surface area contributed by atoms with Crippen molar-refractivity contribution in [2.45, 2.75) is 45.6 Å². The molecule has 2 aromatic rings. The fourth-order valence-electron chi connectivity index (χ4n) is 3.65. The zero-order valence-electron chi connectivity index (χ0n) is 14.6. The highest BCUT2D eigenvalue weighted by molar-refractivity contribution is 5.92. The van der Waals surface area contributed by atoms with Crippen LogP contribution in [-0.4, -0.2) is 46.3 Å². The number of hydrogen-bond donors (Lipinski definition) is 2. The van der Waals surface area contributed by atoms with Gasteiger partial charge in [0.2, 0.25) is 5.91 Å². The quantitative estimate of drug-likeness (QED) is 0.905. The van der Waals surface area contributed by atoms with Crippen LogP contribution in [0.1, 0.15) is 35.1 Å². The molecular formula is C19H25NO4. The Morgan fingerprint density at radius 2 is 2.08 bits per heavy atom. The minimum absolute atomic E-state index is 0.0399. The van der Waals surface area contributed by atoms with Crippen molar-refractivity contribution in [1.29, 1.82) is 0 Å². The predicted molar refractivity (Wildman–Crippen MR) is 92.0 cm³/mol. The van der Waals surface area contributed by atoms with Crippen LogP contribution in [0.15, 0.2) is 16.7 Å². The molecule has 1 aliphatic heterocycles. The lowest BCUT2D eigenvalue weighted by atomic mass is 9.93. The minimum Gasteiger partial charge on any atom is -0.464 e. The van der Waals surface area contributed by atoms with Crippen LogP contribution in [0.2, 0.25) is 0 Å². The minimum atomic E-state index is -1.17. The number of piperidine rings is 1. The van der Waals surface area contributed by atoms with Crippen molar-refractivity contribution in [3.8, 4) is 0 Å². The first kappa shape index (κ1) is 17.0. The van der Waals surface area contributed by atoms with Crippen LogP contribution in [-0.2, 0) is 11.2 Å². The van der Waals surface area contributed by atoms with E-state index in [1.54, 1.807) is 11.2 Å². The SMILES string of the molecule is Cc1cc(C)c2c(CC(=O)N3CCC[C@](O)(CO)C3)coc2c1C. The largest absolute Gasteiger partial charge is 0.464 e. The topological polar surface area (TPSA) is 73.9 Å². The molecule has 3 rings (SSSR count). The second-order valence-electron chi connectivity index (χ2n) is 7.08. The molecule has 1 saturated heterocycles. The van der Waals surface area contributed by atoms with Gasteiger partial charge in [0.15, 0.2) is 0 Å². The summed E-state index contributed by atoms with van der Waals surface area (Å²) in [7, 11) is 0. The Bertz CT molecular complexity index is 779. The van der Waals surface area contributed by atoms with Gasteiger partial charge in [-0.15, -0.1) is 0 Å². The van der Waals surface area contributed by atoms with E-state index < -0.39 is 5.60 Å². The van der Waals surface area contributed by atoms with Crippen molar-refractivity contribution >= 4 is 16.9 Å². The first-order valence-corrected chi connectivity index (χ1v) is 8.42. The molecule has 0 aliphatic carbocycles. The summed E-state index contributed by atoms with van der Waals surface area (Å²) < 4.78 is 5.73. The predicted octanol–water partition coefficient (Wildman–Crippen LogP) is 2.25. The Morgan fingerprint density at radius 1 is 1.33 bits per heavy atom. The van der Waals surface area contributed by atoms with Crippen molar-refractivity contribution < 1.29 is 19.4 Å². The van der Waals surface area contributed by atoms with Gasteiger partial charge in [0, 0.05) is 17.5 Å². The molecule has 1 amide bonds. The maximum Gasteiger partial charge on any atom is 0.227 e. The van der Waals surface area contributed by atoms with Gasteiger partial charge in [-0.2, -0.15) is 0 Å². The summed E-state index contributed by atoms with van der Waals surface area (Å²) in [6.07, 6.45) is 3.15. The van der Waals surface area contributed by atoms with Crippen LogP contribution in [0.25, 0.3) is 11.0 Å². The lowest BCUT2D eigenvalue weighted by Gasteiger charge is -2.38. The Labute approximate surface area is 141 Å². The van der Waals surface area contributed by atoms with E-state index in [0.717, 1.165) is 27.7 Å². The van der Waals surface area contributed by atoms with Gasteiger partial charge in [-0.05, 0) is 50.3 Å². The second kappa shape index (κ2) is 6.22. The molecule has 1 aromatic heterocycles. The number of amides is 1. The maximum absolute atomic E-state index is 12.7. The van der Waals surface area contributed by atoms with Gasteiger partial charge in [0.05, 0.1) is 25.8 Å². The number of likely N-dealkylation sites (tertiary alicyclic amines) is 1. The average Bonchev–Trinajstić information content (AvgIpc) is 2.97. The van der Waals surface area contributed by atoms with Crippen LogP contribution in [0.4, 0.5) is 0 Å². The van der Waals surface area contributed by atoms with E-state index >= 15 is 0 Å². The van der Waals surface area contributed by atoms with Crippen molar-refractivity contribution in [2.24, 2.45) is 0 Å². The molecule has 0 unspecified atom stereocenters. The van der Waals surface area contributed by atoms with Gasteiger partial charge in [-0.25, -0.2) is 0 Å². The monoisotopic (exact) mass is 331 g/mol. The molecule has 2 N–H and O–H groups in total. The van der Waals surface area contributed by atoms with E-state index in [0.29, 0.717) is 19.4 Å². The van der Waals surface area contributed by atoms with E-state index in [9.17, 15) is 15.0 Å². The number of β-amino-alcohol motifs (C(OH)–C–C–N with tert-alkyl or cyclic N) is 1. The molecular weight excluding hydrogens is 306 g/mol. The van der Waals surface area contributed by atoms with Crippen LogP contribution >= 0.6 is 0 Å². The number of aliphatic hydroxyl groups excluding tert-OH is 1. The summed E-state index contributed by atoms with van der Waals surface area (Å²) in [4.78, 5) is 14.3. The molecule has 24 heavy (non-hydrogen) atoms. The molecule has 2 heterocycles. The number of aliphatic hydroxyl groups is 2. The summed E-state index contributed by atoms with van der Waals surface area (Å²) >= 11 is 0. The number of fused-ring (bicyclic) bond motifs is 1. The molecule has 0 spiro atoms. The zero-order valence-corrected chi connectivity index (χ0v) is 14.6. The van der Waals surface area contributed by atoms with Crippen molar-refractivity contribution in [2.75, 3.05) is 19.7 Å². The highest BCUT2D eigenvalue weighted by Crippen LogP contribution is 2.31. The van der Waals surface area contributed by atoms with Gasteiger partial charge >= 0.3 is 0 Å². The molecule has 0 saturated carbocycles. The standard InChI is InChI=1S/C19H25NO4/c1-12-7-13(2)17-15(9-24-18(17)14(12)3)8-16(22)20-6-4-5-19(23,10-20)11-21/h7,9,21,23H,4-6,8,10-11H2,1-3H3/t19-/m1/s1. The summed E-state index contributed by atoms with van der Waals surface area (Å²) in [6.45, 7) is 6.60. The second-order valence-corrected chi connectivity index (χ2v) is 7.08. The number of furan rings is 1. The van der Waals surface area contributed by atoms with Crippen LogP contribution in [0.5, 0.6) is 0 Å². The van der Waals surface area contributed by atoms with Gasteiger partial charge in [0.25, 0.3) is 0 Å². The summed E-state index contributed by atoms with van der Waals surface area (Å²) in [6, 6.07) is 2.12. The summed E-state index contributed by atoms with van der Waals surface area (Å²) in [5.41, 5.74) is 3.94. The van der Waals surface area contributed by atoms with Crippen molar-refractivity contribution in [1.82, 2.24) is 4.90 Å². The van der Waals surface area contributed by atoms with Gasteiger partial charge in [-0.3, -0.25) is 4.79 Å². The molecule has 5 nitrogen and oxygen atoms in total. The van der Waals surface area contributed by atoms with Crippen LogP contribution in [0.3, 0.4) is 0 Å². The Balaban J connectivity index is 1.85. The van der Waals surface area contributed by atoms with Crippen LogP contribution < -0.4 is 0 Å². The number of carbonyl (C=O) groups excluding carboxylic acids is 1. The van der Waals surface area contributed by atoms with Crippen LogP contribution in [0, 0.1) is 20.8 Å². The molecule has 0 radical (unpaired) electrons. The highest BCUT2D eigenvalue weighted by atomic mass is 16.3. The third-order valence-electron chi connectivity index (χ3n) is 5.17. The first-order valence-electron chi connectivity index (χ1n) is 8.42. The number of aryl methyl sites for hydroxylation is 3. The van der Waals surface area contributed by atoms with E-state index in [1.165, 1.54) is 5.56 Å². The molecule has 1 atom stereocenters. The van der Waals surface area contributed by atoms with Gasteiger partial charge in [-0.1, -0.05) is 6.07 Å². The number of carbonyl (C=O) groups is 1. The van der Waals surface area contributed by atoms with Gasteiger partial charge < -0.3 is 19.5 Å². The van der Waals surface area contributed by atoms with Crippen molar-refractivity contribution in [3.63, 3.8) is 0 Å². The Morgan fingerprint density at radius 3 is 2.79 bits per heavy atom. The van der Waals surface area contributed by atoms with Gasteiger partial charge in [0.1, 0.15) is 11.2 Å². The zero-order chi connectivity index (χ0) is 17.5. The maximum atomic E-state index is 12.7. The molecule has 1 aliphatic rings. The molecule has 0 bridgehead atoms. The van der Waals surface area contributed by atoms with E-state index in [-0.39, 0.29) is 25.5 Å². The smallest absolute Gasteiger partial charge is 0.227 e. The van der Waals surface area contributed by atoms with E-state index in [4.69, 9.17) is 4.42 Å². The third kappa shape index (κ3) is 2.94. The normalized spacial score (nSPS) is 21.5. The summed E-state index contributed by atoms with van der Waals surface area (Å²) in [5.74, 6) is -0.0399.